The topological polar surface area (TPSA) is 61.8 Å². The molecule has 0 radical (unpaired) electrons. The number of nitrogens with one attached hydrogen (secondary N) is 1. The van der Waals surface area contributed by atoms with Crippen LogP contribution >= 0.6 is 22.9 Å². The lowest BCUT2D eigenvalue weighted by atomic mass is 9.95. The van der Waals surface area contributed by atoms with E-state index in [9.17, 15) is 9.59 Å². The van der Waals surface area contributed by atoms with Gasteiger partial charge in [0.15, 0.2) is 0 Å². The number of hydrogen-bond acceptors (Lipinski definition) is 4. The monoisotopic (exact) mass is 539 g/mol. The Hall–Kier alpha value is -3.74. The highest BCUT2D eigenvalue weighted by Gasteiger charge is 2.35. The maximum atomic E-state index is 13.8. The van der Waals surface area contributed by atoms with Gasteiger partial charge in [-0.1, -0.05) is 65.7 Å². The first-order chi connectivity index (χ1) is 18.5. The number of nitrogens with zero attached hydrogens (tertiary/aromatic N) is 2. The van der Waals surface area contributed by atoms with Gasteiger partial charge in [-0.3, -0.25) is 9.59 Å². The molecule has 1 aromatic heterocycles. The van der Waals surface area contributed by atoms with Crippen LogP contribution in [0.1, 0.15) is 50.3 Å². The van der Waals surface area contributed by atoms with Crippen molar-refractivity contribution in [2.75, 3.05) is 10.2 Å². The largest absolute Gasteiger partial charge is 0.322 e. The van der Waals surface area contributed by atoms with Crippen molar-refractivity contribution in [1.82, 2.24) is 0 Å². The van der Waals surface area contributed by atoms with E-state index in [1.807, 2.05) is 79.7 Å². The summed E-state index contributed by atoms with van der Waals surface area (Å²) in [6.07, 6.45) is 3.91. The Morgan fingerprint density at radius 3 is 2.55 bits per heavy atom. The Balaban J connectivity index is 1.41. The normalized spacial score (nSPS) is 15.5. The summed E-state index contributed by atoms with van der Waals surface area (Å²) < 4.78 is 0. The molecule has 6 rings (SSSR count). The van der Waals surface area contributed by atoms with Gasteiger partial charge in [0.1, 0.15) is 10.7 Å². The number of thiophene rings is 1. The first-order valence-corrected chi connectivity index (χ1v) is 13.9. The molecular weight excluding hydrogens is 514 g/mol. The van der Waals surface area contributed by atoms with E-state index in [1.165, 1.54) is 16.2 Å². The van der Waals surface area contributed by atoms with Gasteiger partial charge in [0.05, 0.1) is 17.8 Å². The van der Waals surface area contributed by atoms with Gasteiger partial charge in [-0.05, 0) is 68.0 Å². The molecule has 38 heavy (non-hydrogen) atoms. The van der Waals surface area contributed by atoms with Crippen molar-refractivity contribution in [3.63, 3.8) is 0 Å². The number of carbonyl (C=O) groups excluding carboxylic acids is 2. The number of rotatable bonds is 5. The fourth-order valence-electron chi connectivity index (χ4n) is 5.12. The molecule has 1 aliphatic carbocycles. The van der Waals surface area contributed by atoms with E-state index in [0.717, 1.165) is 59.3 Å². The average Bonchev–Trinajstić information content (AvgIpc) is 3.42. The molecule has 4 aromatic rings. The fourth-order valence-corrected chi connectivity index (χ4v) is 6.58. The van der Waals surface area contributed by atoms with Crippen LogP contribution in [0.5, 0.6) is 0 Å². The van der Waals surface area contributed by atoms with Crippen LogP contribution in [0, 0.1) is 6.92 Å². The Labute approximate surface area is 230 Å². The number of carbonyl (C=O) groups is 2. The molecule has 1 aliphatic heterocycles. The highest BCUT2D eigenvalue weighted by molar-refractivity contribution is 7.16. The molecule has 0 unspecified atom stereocenters. The Bertz CT molecular complexity index is 1590. The molecule has 0 saturated heterocycles. The number of anilines is 2. The van der Waals surface area contributed by atoms with Gasteiger partial charge in [0.2, 0.25) is 0 Å². The van der Waals surface area contributed by atoms with E-state index in [2.05, 4.69) is 5.32 Å². The van der Waals surface area contributed by atoms with Gasteiger partial charge >= 0.3 is 0 Å². The van der Waals surface area contributed by atoms with Crippen LogP contribution in [0.4, 0.5) is 16.4 Å². The number of hydrogen-bond donors (Lipinski definition) is 1. The summed E-state index contributed by atoms with van der Waals surface area (Å²) in [4.78, 5) is 35.2. The van der Waals surface area contributed by atoms with E-state index < -0.39 is 0 Å². The zero-order chi connectivity index (χ0) is 26.2. The summed E-state index contributed by atoms with van der Waals surface area (Å²) in [5.41, 5.74) is 6.30. The second kappa shape index (κ2) is 10.2. The zero-order valence-electron chi connectivity index (χ0n) is 21.0. The number of amides is 2. The summed E-state index contributed by atoms with van der Waals surface area (Å²) in [5, 5.41) is 4.26. The Morgan fingerprint density at radius 1 is 1.00 bits per heavy atom. The molecule has 1 N–H and O–H groups in total. The highest BCUT2D eigenvalue weighted by atomic mass is 35.5. The molecule has 190 valence electrons. The van der Waals surface area contributed by atoms with Gasteiger partial charge in [0, 0.05) is 21.2 Å². The standard InChI is InChI=1S/C31H26ClN3O2S/c1-19-14-16-21(17-15-19)33-29(36)27-23-10-4-7-13-26(23)38-30(27)34-28-22-9-3-6-12-25(22)35(31(28)37)18-20-8-2-5-11-24(20)32/h2-3,5-6,8-9,11-12,14-17H,4,7,10,13,18H2,1H3,(H,33,36). The molecule has 2 heterocycles. The quantitative estimate of drug-likeness (QED) is 0.285. The molecule has 5 nitrogen and oxygen atoms in total. The van der Waals surface area contributed by atoms with Crippen LogP contribution in [0.3, 0.4) is 0 Å². The molecular formula is C31H26ClN3O2S. The van der Waals surface area contributed by atoms with E-state index in [-0.39, 0.29) is 11.8 Å². The van der Waals surface area contributed by atoms with Crippen molar-refractivity contribution in [2.24, 2.45) is 4.99 Å². The van der Waals surface area contributed by atoms with E-state index in [0.29, 0.717) is 27.8 Å². The van der Waals surface area contributed by atoms with Crippen LogP contribution in [0.25, 0.3) is 0 Å². The third-order valence-corrected chi connectivity index (χ3v) is 8.64. The van der Waals surface area contributed by atoms with Crippen molar-refractivity contribution in [3.05, 3.63) is 111 Å². The number of aryl methyl sites for hydroxylation is 2. The summed E-state index contributed by atoms with van der Waals surface area (Å²) >= 11 is 7.96. The number of aliphatic imine (C=N–C) groups is 1. The van der Waals surface area contributed by atoms with E-state index in [4.69, 9.17) is 16.6 Å². The lowest BCUT2D eigenvalue weighted by molar-refractivity contribution is -0.112. The van der Waals surface area contributed by atoms with E-state index >= 15 is 0 Å². The maximum Gasteiger partial charge on any atom is 0.277 e. The van der Waals surface area contributed by atoms with Crippen LogP contribution in [-0.2, 0) is 24.2 Å². The first kappa shape index (κ1) is 24.6. The molecule has 2 amide bonds. The summed E-state index contributed by atoms with van der Waals surface area (Å²) in [6.45, 7) is 2.36. The third-order valence-electron chi connectivity index (χ3n) is 7.09. The minimum absolute atomic E-state index is 0.181. The second-order valence-corrected chi connectivity index (χ2v) is 11.2. The molecule has 7 heteroatoms. The van der Waals surface area contributed by atoms with Crippen LogP contribution in [0.2, 0.25) is 5.02 Å². The van der Waals surface area contributed by atoms with Crippen molar-refractivity contribution in [2.45, 2.75) is 39.2 Å². The molecule has 0 spiro atoms. The Kier molecular flexibility index (Phi) is 6.60. The molecule has 0 saturated carbocycles. The minimum Gasteiger partial charge on any atom is -0.322 e. The lowest BCUT2D eigenvalue weighted by Crippen LogP contribution is -2.29. The van der Waals surface area contributed by atoms with Gasteiger partial charge in [-0.15, -0.1) is 11.3 Å². The summed E-state index contributed by atoms with van der Waals surface area (Å²) in [5.74, 6) is -0.373. The van der Waals surface area contributed by atoms with Crippen LogP contribution in [0.15, 0.2) is 77.8 Å². The molecule has 0 bridgehead atoms. The minimum atomic E-state index is -0.192. The smallest absolute Gasteiger partial charge is 0.277 e. The van der Waals surface area contributed by atoms with Crippen LogP contribution in [-0.4, -0.2) is 17.5 Å². The number of halogens is 1. The molecule has 2 aliphatic rings. The fraction of sp³-hybridized carbons (Fsp3) is 0.194. The predicted octanol–water partition coefficient (Wildman–Crippen LogP) is 7.51. The number of fused-ring (bicyclic) bond motifs is 2. The van der Waals surface area contributed by atoms with Gasteiger partial charge in [0.25, 0.3) is 11.8 Å². The maximum absolute atomic E-state index is 13.8. The van der Waals surface area contributed by atoms with Crippen molar-refractivity contribution < 1.29 is 9.59 Å². The molecule has 0 atom stereocenters. The zero-order valence-corrected chi connectivity index (χ0v) is 22.5. The summed E-state index contributed by atoms with van der Waals surface area (Å²) in [7, 11) is 0. The van der Waals surface area contributed by atoms with E-state index in [1.54, 1.807) is 4.90 Å². The second-order valence-electron chi connectivity index (χ2n) is 9.67. The van der Waals surface area contributed by atoms with Gasteiger partial charge < -0.3 is 10.2 Å². The average molecular weight is 540 g/mol. The van der Waals surface area contributed by atoms with Gasteiger partial charge in [-0.2, -0.15) is 0 Å². The van der Waals surface area contributed by atoms with Crippen molar-refractivity contribution in [3.8, 4) is 0 Å². The van der Waals surface area contributed by atoms with Crippen LogP contribution < -0.4 is 10.2 Å². The van der Waals surface area contributed by atoms with Gasteiger partial charge in [-0.25, -0.2) is 4.99 Å². The Morgan fingerprint density at radius 2 is 1.74 bits per heavy atom. The molecule has 0 fully saturated rings. The lowest BCUT2D eigenvalue weighted by Gasteiger charge is -2.17. The number of para-hydroxylation sites is 1. The van der Waals surface area contributed by atoms with Crippen molar-refractivity contribution >= 4 is 56.8 Å². The summed E-state index contributed by atoms with van der Waals surface area (Å²) in [6, 6.07) is 23.0. The van der Waals surface area contributed by atoms with Crippen molar-refractivity contribution in [1.29, 1.82) is 0 Å². The number of benzene rings is 3. The highest BCUT2D eigenvalue weighted by Crippen LogP contribution is 2.42. The first-order valence-electron chi connectivity index (χ1n) is 12.8. The predicted molar refractivity (Wildman–Crippen MR) is 155 cm³/mol. The SMILES string of the molecule is Cc1ccc(NC(=O)c2c(N=C3C(=O)N(Cc4ccccc4Cl)c4ccccc43)sc3c2CCCC3)cc1. The third kappa shape index (κ3) is 4.55. The molecule has 3 aromatic carbocycles.